The monoisotopic (exact) mass is 378 g/mol. The van der Waals surface area contributed by atoms with E-state index in [1.54, 1.807) is 6.20 Å². The van der Waals surface area contributed by atoms with Gasteiger partial charge in [-0.2, -0.15) is 0 Å². The van der Waals surface area contributed by atoms with Crippen molar-refractivity contribution in [2.45, 2.75) is 12.5 Å². The average molecular weight is 379 g/mol. The molecular weight excluding hydrogens is 360 g/mol. The van der Waals surface area contributed by atoms with Gasteiger partial charge in [-0.25, -0.2) is 0 Å². The molecule has 2 heterocycles. The van der Waals surface area contributed by atoms with Gasteiger partial charge in [0.1, 0.15) is 5.69 Å². The molecule has 3 N–H and O–H groups in total. The molecule has 5 nitrogen and oxygen atoms in total. The number of benzene rings is 2. The van der Waals surface area contributed by atoms with E-state index in [2.05, 4.69) is 21.5 Å². The van der Waals surface area contributed by atoms with Crippen LogP contribution in [-0.4, -0.2) is 22.7 Å². The van der Waals surface area contributed by atoms with E-state index >= 15 is 0 Å². The van der Waals surface area contributed by atoms with E-state index < -0.39 is 0 Å². The maximum Gasteiger partial charge on any atom is 0.225 e. The Morgan fingerprint density at radius 2 is 2.00 bits per heavy atom. The Labute approximate surface area is 162 Å². The third-order valence-corrected chi connectivity index (χ3v) is 4.61. The van der Waals surface area contributed by atoms with Crippen LogP contribution < -0.4 is 11.1 Å². The van der Waals surface area contributed by atoms with Crippen LogP contribution in [0.3, 0.4) is 0 Å². The number of rotatable bonds is 6. The van der Waals surface area contributed by atoms with Gasteiger partial charge in [-0.3, -0.25) is 4.98 Å². The molecule has 136 valence electrons. The molecule has 0 aliphatic heterocycles. The SMILES string of the molecule is N[C@H](CNc1cc(-c2ccc3cnccc3c2)no1)Cc1cccc(Cl)c1. The Morgan fingerprint density at radius 3 is 2.89 bits per heavy atom. The number of hydrogen-bond donors (Lipinski definition) is 2. The summed E-state index contributed by atoms with van der Waals surface area (Å²) in [7, 11) is 0. The molecule has 0 saturated heterocycles. The lowest BCUT2D eigenvalue weighted by molar-refractivity contribution is 0.433. The second-order valence-corrected chi connectivity index (χ2v) is 6.93. The van der Waals surface area contributed by atoms with Crippen molar-refractivity contribution in [2.75, 3.05) is 11.9 Å². The van der Waals surface area contributed by atoms with Gasteiger partial charge in [-0.1, -0.05) is 41.0 Å². The number of halogens is 1. The predicted molar refractivity (Wildman–Crippen MR) is 109 cm³/mol. The molecule has 0 saturated carbocycles. The van der Waals surface area contributed by atoms with E-state index in [1.807, 2.05) is 54.7 Å². The first kappa shape index (κ1) is 17.5. The molecule has 27 heavy (non-hydrogen) atoms. The molecule has 4 rings (SSSR count). The van der Waals surface area contributed by atoms with Gasteiger partial charge in [0.15, 0.2) is 0 Å². The number of nitrogens with zero attached hydrogens (tertiary/aromatic N) is 2. The third-order valence-electron chi connectivity index (χ3n) is 4.37. The van der Waals surface area contributed by atoms with Crippen molar-refractivity contribution < 1.29 is 4.52 Å². The van der Waals surface area contributed by atoms with Gasteiger partial charge < -0.3 is 15.6 Å². The predicted octanol–water partition coefficient (Wildman–Crippen LogP) is 4.53. The zero-order valence-corrected chi connectivity index (χ0v) is 15.4. The zero-order valence-electron chi connectivity index (χ0n) is 14.6. The quantitative estimate of drug-likeness (QED) is 0.515. The van der Waals surface area contributed by atoms with Crippen molar-refractivity contribution in [1.82, 2.24) is 10.1 Å². The van der Waals surface area contributed by atoms with E-state index in [-0.39, 0.29) is 6.04 Å². The summed E-state index contributed by atoms with van der Waals surface area (Å²) in [4.78, 5) is 4.13. The van der Waals surface area contributed by atoms with Crippen LogP contribution in [0, 0.1) is 0 Å². The minimum atomic E-state index is -0.0646. The summed E-state index contributed by atoms with van der Waals surface area (Å²) >= 11 is 6.02. The molecule has 0 fully saturated rings. The smallest absolute Gasteiger partial charge is 0.225 e. The second kappa shape index (κ2) is 7.78. The summed E-state index contributed by atoms with van der Waals surface area (Å²) in [5.41, 5.74) is 9.09. The summed E-state index contributed by atoms with van der Waals surface area (Å²) in [6, 6.07) is 17.7. The summed E-state index contributed by atoms with van der Waals surface area (Å²) in [5, 5.41) is 10.3. The molecule has 4 aromatic rings. The molecule has 0 aliphatic carbocycles. The van der Waals surface area contributed by atoms with E-state index in [0.29, 0.717) is 12.4 Å². The van der Waals surface area contributed by atoms with Crippen molar-refractivity contribution in [2.24, 2.45) is 5.73 Å². The first-order valence-corrected chi connectivity index (χ1v) is 9.10. The number of aromatic nitrogens is 2. The summed E-state index contributed by atoms with van der Waals surface area (Å²) in [6.07, 6.45) is 4.35. The van der Waals surface area contributed by atoms with Crippen molar-refractivity contribution in [3.8, 4) is 11.3 Å². The third kappa shape index (κ3) is 4.27. The largest absolute Gasteiger partial charge is 0.352 e. The first-order chi connectivity index (χ1) is 13.2. The fourth-order valence-electron chi connectivity index (χ4n) is 3.01. The van der Waals surface area contributed by atoms with Gasteiger partial charge in [0.2, 0.25) is 5.88 Å². The van der Waals surface area contributed by atoms with Crippen LogP contribution in [0.2, 0.25) is 5.02 Å². The van der Waals surface area contributed by atoms with E-state index in [9.17, 15) is 0 Å². The fraction of sp³-hybridized carbons (Fsp3) is 0.143. The number of anilines is 1. The standard InChI is InChI=1S/C21H19ClN4O/c22-18-3-1-2-14(8-18)9-19(23)13-25-21-11-20(26-27-21)16-4-5-17-12-24-7-6-15(17)10-16/h1-8,10-12,19,25H,9,13,23H2/t19-/m0/s1. The second-order valence-electron chi connectivity index (χ2n) is 6.49. The minimum absolute atomic E-state index is 0.0646. The highest BCUT2D eigenvalue weighted by molar-refractivity contribution is 6.30. The number of fused-ring (bicyclic) bond motifs is 1. The maximum atomic E-state index is 6.21. The van der Waals surface area contributed by atoms with Crippen molar-refractivity contribution >= 4 is 28.3 Å². The molecule has 2 aromatic heterocycles. The Hall–Kier alpha value is -2.89. The molecule has 6 heteroatoms. The lowest BCUT2D eigenvalue weighted by atomic mass is 10.1. The fourth-order valence-corrected chi connectivity index (χ4v) is 3.22. The van der Waals surface area contributed by atoms with Crippen molar-refractivity contribution in [1.29, 1.82) is 0 Å². The lowest BCUT2D eigenvalue weighted by Crippen LogP contribution is -2.31. The van der Waals surface area contributed by atoms with Gasteiger partial charge in [0.25, 0.3) is 0 Å². The molecule has 2 aromatic carbocycles. The normalized spacial score (nSPS) is 12.2. The van der Waals surface area contributed by atoms with Crippen LogP contribution in [0.15, 0.2) is 71.5 Å². The Kier molecular flexibility index (Phi) is 5.05. The van der Waals surface area contributed by atoms with Crippen molar-refractivity contribution in [3.05, 3.63) is 77.6 Å². The zero-order chi connectivity index (χ0) is 18.6. The van der Waals surface area contributed by atoms with E-state index in [4.69, 9.17) is 21.9 Å². The number of hydrogen-bond acceptors (Lipinski definition) is 5. The number of nitrogens with one attached hydrogen (secondary N) is 1. The van der Waals surface area contributed by atoms with Crippen LogP contribution in [0.25, 0.3) is 22.0 Å². The van der Waals surface area contributed by atoms with Gasteiger partial charge >= 0.3 is 0 Å². The highest BCUT2D eigenvalue weighted by Gasteiger charge is 2.10. The van der Waals surface area contributed by atoms with Crippen LogP contribution in [0.1, 0.15) is 5.56 Å². The summed E-state index contributed by atoms with van der Waals surface area (Å²) < 4.78 is 5.40. The summed E-state index contributed by atoms with van der Waals surface area (Å²) in [6.45, 7) is 0.574. The molecule has 0 bridgehead atoms. The lowest BCUT2D eigenvalue weighted by Gasteiger charge is -2.12. The van der Waals surface area contributed by atoms with Crippen molar-refractivity contribution in [3.63, 3.8) is 0 Å². The maximum absolute atomic E-state index is 6.21. The Morgan fingerprint density at radius 1 is 1.07 bits per heavy atom. The van der Waals surface area contributed by atoms with Gasteiger partial charge in [0, 0.05) is 47.0 Å². The molecule has 0 aliphatic rings. The molecule has 0 unspecified atom stereocenters. The van der Waals surface area contributed by atoms with Crippen LogP contribution >= 0.6 is 11.6 Å². The van der Waals surface area contributed by atoms with Gasteiger partial charge in [-0.05, 0) is 41.6 Å². The number of pyridine rings is 1. The number of nitrogens with two attached hydrogens (primary N) is 1. The molecule has 0 radical (unpaired) electrons. The minimum Gasteiger partial charge on any atom is -0.352 e. The highest BCUT2D eigenvalue weighted by atomic mass is 35.5. The molecular formula is C21H19ClN4O. The van der Waals surface area contributed by atoms with E-state index in [1.165, 1.54) is 0 Å². The molecule has 1 atom stereocenters. The van der Waals surface area contributed by atoms with E-state index in [0.717, 1.165) is 39.0 Å². The first-order valence-electron chi connectivity index (χ1n) is 8.72. The molecule has 0 spiro atoms. The average Bonchev–Trinajstić information content (AvgIpc) is 3.15. The topological polar surface area (TPSA) is 77.0 Å². The Balaban J connectivity index is 1.40. The van der Waals surface area contributed by atoms with Gasteiger partial charge in [-0.15, -0.1) is 0 Å². The van der Waals surface area contributed by atoms with Crippen LogP contribution in [-0.2, 0) is 6.42 Å². The van der Waals surface area contributed by atoms with Crippen LogP contribution in [0.5, 0.6) is 0 Å². The highest BCUT2D eigenvalue weighted by Crippen LogP contribution is 2.25. The molecule has 0 amide bonds. The Bertz CT molecular complexity index is 1060. The van der Waals surface area contributed by atoms with Crippen LogP contribution in [0.4, 0.5) is 5.88 Å². The van der Waals surface area contributed by atoms with Gasteiger partial charge in [0.05, 0.1) is 0 Å². The summed E-state index contributed by atoms with van der Waals surface area (Å²) in [5.74, 6) is 0.598.